The lowest BCUT2D eigenvalue weighted by Crippen LogP contribution is -2.29. The van der Waals surface area contributed by atoms with E-state index in [1.807, 2.05) is 25.1 Å². The number of benzene rings is 2. The van der Waals surface area contributed by atoms with Gasteiger partial charge in [-0.05, 0) is 53.5 Å². The van der Waals surface area contributed by atoms with Crippen LogP contribution in [-0.2, 0) is 21.6 Å². The van der Waals surface area contributed by atoms with Crippen molar-refractivity contribution in [1.29, 1.82) is 0 Å². The van der Waals surface area contributed by atoms with Gasteiger partial charge in [0, 0.05) is 24.2 Å². The summed E-state index contributed by atoms with van der Waals surface area (Å²) in [6.07, 6.45) is 6.22. The minimum atomic E-state index is -0.961. The fourth-order valence-electron chi connectivity index (χ4n) is 5.95. The van der Waals surface area contributed by atoms with Gasteiger partial charge >= 0.3 is 5.97 Å². The number of pyridine rings is 1. The Morgan fingerprint density at radius 3 is 2.55 bits per heavy atom. The van der Waals surface area contributed by atoms with Crippen molar-refractivity contribution in [3.63, 3.8) is 0 Å². The van der Waals surface area contributed by atoms with Crippen LogP contribution < -0.4 is 9.47 Å². The molecule has 0 spiro atoms. The molecule has 0 saturated heterocycles. The van der Waals surface area contributed by atoms with E-state index in [9.17, 15) is 9.90 Å². The van der Waals surface area contributed by atoms with Gasteiger partial charge in [-0.3, -0.25) is 4.79 Å². The highest BCUT2D eigenvalue weighted by atomic mass is 19.1. The van der Waals surface area contributed by atoms with E-state index in [4.69, 9.17) is 14.2 Å². The first-order chi connectivity index (χ1) is 19.3. The number of carboxylic acids is 1. The number of aliphatic carboxylic acids is 1. The molecule has 0 bridgehead atoms. The van der Waals surface area contributed by atoms with E-state index < -0.39 is 23.5 Å². The molecule has 0 unspecified atom stereocenters. The van der Waals surface area contributed by atoms with Gasteiger partial charge in [-0.15, -0.1) is 0 Å². The number of hydrogen-bond donors (Lipinski definition) is 1. The monoisotopic (exact) mass is 553 g/mol. The van der Waals surface area contributed by atoms with E-state index in [0.717, 1.165) is 48.8 Å². The zero-order valence-electron chi connectivity index (χ0n) is 23.3. The van der Waals surface area contributed by atoms with Gasteiger partial charge in [0.2, 0.25) is 5.88 Å². The quantitative estimate of drug-likeness (QED) is 0.237. The maximum absolute atomic E-state index is 15.5. The second kappa shape index (κ2) is 13.2. The van der Waals surface area contributed by atoms with Crippen molar-refractivity contribution in [1.82, 2.24) is 4.98 Å². The van der Waals surface area contributed by atoms with Gasteiger partial charge in [-0.2, -0.15) is 0 Å². The molecule has 1 aliphatic carbocycles. The molecule has 2 aromatic carbocycles. The van der Waals surface area contributed by atoms with Crippen molar-refractivity contribution < 1.29 is 32.9 Å². The molecule has 8 heteroatoms. The van der Waals surface area contributed by atoms with Crippen molar-refractivity contribution in [2.45, 2.75) is 69.8 Å². The third kappa shape index (κ3) is 6.44. The molecular formula is C32H37F2NO5. The molecular weight excluding hydrogens is 516 g/mol. The minimum absolute atomic E-state index is 0.0759. The largest absolute Gasteiger partial charge is 0.486 e. The van der Waals surface area contributed by atoms with Crippen LogP contribution in [0.5, 0.6) is 11.6 Å². The molecule has 1 atom stereocenters. The molecule has 3 aromatic rings. The van der Waals surface area contributed by atoms with Crippen LogP contribution in [0.25, 0.3) is 11.1 Å². The summed E-state index contributed by atoms with van der Waals surface area (Å²) in [4.78, 5) is 15.4. The minimum Gasteiger partial charge on any atom is -0.486 e. The van der Waals surface area contributed by atoms with E-state index in [1.54, 1.807) is 31.4 Å². The molecule has 0 radical (unpaired) electrons. The molecule has 6 nitrogen and oxygen atoms in total. The second-order valence-electron chi connectivity index (χ2n) is 10.5. The summed E-state index contributed by atoms with van der Waals surface area (Å²) in [6.45, 7) is 2.53. The van der Waals surface area contributed by atoms with E-state index in [0.29, 0.717) is 30.0 Å². The van der Waals surface area contributed by atoms with Crippen molar-refractivity contribution in [3.8, 4) is 22.8 Å². The van der Waals surface area contributed by atoms with Crippen LogP contribution in [0.1, 0.15) is 74.5 Å². The Morgan fingerprint density at radius 1 is 1.10 bits per heavy atom. The van der Waals surface area contributed by atoms with Crippen LogP contribution in [0.3, 0.4) is 0 Å². The molecule has 40 heavy (non-hydrogen) atoms. The highest BCUT2D eigenvalue weighted by Gasteiger charge is 2.38. The summed E-state index contributed by atoms with van der Waals surface area (Å²) in [6, 6.07) is 12.2. The fourth-order valence-corrected chi connectivity index (χ4v) is 5.95. The maximum atomic E-state index is 15.5. The smallest absolute Gasteiger partial charge is 0.303 e. The van der Waals surface area contributed by atoms with Gasteiger partial charge in [0.05, 0.1) is 26.3 Å². The van der Waals surface area contributed by atoms with Crippen LogP contribution in [0.4, 0.5) is 8.78 Å². The number of nitrogens with zero attached hydrogens (tertiary/aromatic N) is 1. The predicted octanol–water partition coefficient (Wildman–Crippen LogP) is 7.43. The van der Waals surface area contributed by atoms with E-state index in [1.165, 1.54) is 13.3 Å². The van der Waals surface area contributed by atoms with Crippen molar-refractivity contribution in [3.05, 3.63) is 77.0 Å². The summed E-state index contributed by atoms with van der Waals surface area (Å²) in [5.41, 5.74) is 2.96. The van der Waals surface area contributed by atoms with Gasteiger partial charge < -0.3 is 19.3 Å². The summed E-state index contributed by atoms with van der Waals surface area (Å²) in [5, 5.41) is 9.31. The average Bonchev–Trinajstić information content (AvgIpc) is 3.42. The van der Waals surface area contributed by atoms with Crippen LogP contribution >= 0.6 is 0 Å². The Bertz CT molecular complexity index is 1320. The van der Waals surface area contributed by atoms with Gasteiger partial charge in [-0.25, -0.2) is 13.8 Å². The van der Waals surface area contributed by atoms with E-state index >= 15 is 8.78 Å². The topological polar surface area (TPSA) is 77.9 Å². The van der Waals surface area contributed by atoms with E-state index in [-0.39, 0.29) is 24.2 Å². The highest BCUT2D eigenvalue weighted by Crippen LogP contribution is 2.46. The summed E-state index contributed by atoms with van der Waals surface area (Å²) >= 11 is 0. The van der Waals surface area contributed by atoms with Crippen molar-refractivity contribution in [2.24, 2.45) is 0 Å². The van der Waals surface area contributed by atoms with E-state index in [2.05, 4.69) is 4.98 Å². The van der Waals surface area contributed by atoms with Gasteiger partial charge in [0.1, 0.15) is 12.4 Å². The van der Waals surface area contributed by atoms with Crippen LogP contribution in [0.2, 0.25) is 0 Å². The Hall–Kier alpha value is -3.52. The first-order valence-electron chi connectivity index (χ1n) is 13.8. The van der Waals surface area contributed by atoms with Crippen LogP contribution in [0.15, 0.2) is 48.7 Å². The van der Waals surface area contributed by atoms with Crippen molar-refractivity contribution >= 4 is 5.97 Å². The number of hydrogen-bond acceptors (Lipinski definition) is 5. The number of ether oxygens (including phenoxy) is 3. The number of carbonyl (C=O) groups is 1. The summed E-state index contributed by atoms with van der Waals surface area (Å²) in [7, 11) is 3.17. The molecule has 1 saturated carbocycles. The SMILES string of the molecule is CCC[C@@H](CC(=O)O)c1cccc(OCc2ccc(-c3cc(OC)ncc3F)c(C3(COC)CCCC3)c2)c1F. The number of halogens is 2. The molecule has 0 aliphatic heterocycles. The van der Waals surface area contributed by atoms with Crippen LogP contribution in [0, 0.1) is 11.6 Å². The lowest BCUT2D eigenvalue weighted by molar-refractivity contribution is -0.137. The third-order valence-electron chi connectivity index (χ3n) is 7.85. The maximum Gasteiger partial charge on any atom is 0.303 e. The first kappa shape index (κ1) is 29.5. The molecule has 1 aliphatic rings. The third-order valence-corrected chi connectivity index (χ3v) is 7.85. The highest BCUT2D eigenvalue weighted by molar-refractivity contribution is 5.71. The van der Waals surface area contributed by atoms with Gasteiger partial charge in [0.25, 0.3) is 0 Å². The van der Waals surface area contributed by atoms with Crippen molar-refractivity contribution in [2.75, 3.05) is 20.8 Å². The molecule has 1 heterocycles. The summed E-state index contributed by atoms with van der Waals surface area (Å²) in [5.74, 6) is -1.97. The zero-order valence-corrected chi connectivity index (χ0v) is 23.3. The molecule has 0 amide bonds. The number of aromatic nitrogens is 1. The Labute approximate surface area is 234 Å². The standard InChI is InChI=1S/C32H37F2NO5/c1-4-8-22(16-30(36)37)23-9-7-10-28(31(23)34)40-19-21-11-12-24(25-17-29(39-3)35-18-27(25)33)26(15-21)32(20-38-2)13-5-6-14-32/h7,9-12,15,17-18,22H,4-6,8,13-14,16,19-20H2,1-3H3,(H,36,37)/t22-/m0/s1. The zero-order chi connectivity index (χ0) is 28.7. The van der Waals surface area contributed by atoms with Crippen LogP contribution in [-0.4, -0.2) is 36.9 Å². The first-order valence-corrected chi connectivity index (χ1v) is 13.8. The Morgan fingerprint density at radius 2 is 1.88 bits per heavy atom. The molecule has 4 rings (SSSR count). The number of methoxy groups -OCH3 is 2. The van der Waals surface area contributed by atoms with Gasteiger partial charge in [-0.1, -0.05) is 56.5 Å². The lowest BCUT2D eigenvalue weighted by atomic mass is 9.75. The summed E-state index contributed by atoms with van der Waals surface area (Å²) < 4.78 is 47.4. The number of rotatable bonds is 13. The predicted molar refractivity (Wildman–Crippen MR) is 149 cm³/mol. The normalized spacial score (nSPS) is 15.1. The second-order valence-corrected chi connectivity index (χ2v) is 10.5. The molecule has 1 fully saturated rings. The molecule has 1 N–H and O–H groups in total. The molecule has 1 aromatic heterocycles. The Balaban J connectivity index is 1.69. The Kier molecular flexibility index (Phi) is 9.74. The van der Waals surface area contributed by atoms with Gasteiger partial charge in [0.15, 0.2) is 11.6 Å². The fraction of sp³-hybridized carbons (Fsp3) is 0.438. The average molecular weight is 554 g/mol. The number of carboxylic acid groups (broad SMARTS) is 1. The molecule has 214 valence electrons. The lowest BCUT2D eigenvalue weighted by Gasteiger charge is -2.32.